The van der Waals surface area contributed by atoms with E-state index in [1.807, 2.05) is 24.3 Å². The van der Waals surface area contributed by atoms with Crippen LogP contribution in [0.25, 0.3) is 10.4 Å². The van der Waals surface area contributed by atoms with Crippen molar-refractivity contribution in [3.05, 3.63) is 105 Å². The number of aliphatic imine (C=N–C) groups is 1. The molecule has 4 rings (SSSR count). The van der Waals surface area contributed by atoms with Crippen LogP contribution in [0.5, 0.6) is 5.75 Å². The lowest BCUT2D eigenvalue weighted by Crippen LogP contribution is -2.48. The van der Waals surface area contributed by atoms with Crippen LogP contribution in [0, 0.1) is 0 Å². The van der Waals surface area contributed by atoms with E-state index in [1.165, 1.54) is 0 Å². The predicted octanol–water partition coefficient (Wildman–Crippen LogP) is 5.12. The Hall–Kier alpha value is -4.04. The molecule has 1 aliphatic rings. The lowest BCUT2D eigenvalue weighted by atomic mass is 9.90. The molecule has 10 heteroatoms. The van der Waals surface area contributed by atoms with E-state index in [4.69, 9.17) is 36.7 Å². The number of carbonyl (C=O) groups excluding carboxylic acids is 1. The fourth-order valence-corrected chi connectivity index (χ4v) is 4.14. The molecule has 0 aromatic heterocycles. The molecule has 1 aliphatic heterocycles. The normalized spacial score (nSPS) is 16.3. The highest BCUT2D eigenvalue weighted by atomic mass is 35.5. The Morgan fingerprint density at radius 3 is 2.59 bits per heavy atom. The molecule has 3 aromatic carbocycles. The summed E-state index contributed by atoms with van der Waals surface area (Å²) in [5, 5.41) is 16.2. The SMILES string of the molecule is [N-]=[N+]=Nc1ccccc1C[C@]1(C(=O)NCc2ccccc2Cl)COC(c2ccc(OCCCO)cc2)=N1. The molecule has 1 amide bonds. The molecule has 9 nitrogen and oxygen atoms in total. The number of aliphatic hydroxyl groups is 1. The van der Waals surface area contributed by atoms with Gasteiger partial charge in [0.1, 0.15) is 12.4 Å². The van der Waals surface area contributed by atoms with E-state index in [1.54, 1.807) is 48.5 Å². The summed E-state index contributed by atoms with van der Waals surface area (Å²) in [6.45, 7) is 0.706. The molecule has 1 heterocycles. The van der Waals surface area contributed by atoms with Gasteiger partial charge in [0.15, 0.2) is 5.54 Å². The quantitative estimate of drug-likeness (QED) is 0.158. The second-order valence-corrected chi connectivity index (χ2v) is 8.86. The van der Waals surface area contributed by atoms with Gasteiger partial charge in [0.25, 0.3) is 5.91 Å². The minimum absolute atomic E-state index is 0.00996. The highest BCUT2D eigenvalue weighted by Crippen LogP contribution is 2.31. The highest BCUT2D eigenvalue weighted by Gasteiger charge is 2.44. The monoisotopic (exact) mass is 519 g/mol. The number of ether oxygens (including phenoxy) is 2. The molecule has 0 radical (unpaired) electrons. The van der Waals surface area contributed by atoms with E-state index in [-0.39, 0.29) is 32.1 Å². The van der Waals surface area contributed by atoms with E-state index in [0.717, 1.165) is 5.56 Å². The summed E-state index contributed by atoms with van der Waals surface area (Å²) < 4.78 is 11.5. The summed E-state index contributed by atoms with van der Waals surface area (Å²) in [6.07, 6.45) is 0.711. The van der Waals surface area contributed by atoms with Gasteiger partial charge < -0.3 is 19.9 Å². The number of amides is 1. The van der Waals surface area contributed by atoms with Crippen molar-refractivity contribution in [3.63, 3.8) is 0 Å². The first-order chi connectivity index (χ1) is 18.0. The van der Waals surface area contributed by atoms with Crippen molar-refractivity contribution < 1.29 is 19.4 Å². The molecular weight excluding hydrogens is 494 g/mol. The molecule has 0 spiro atoms. The third-order valence-corrected chi connectivity index (χ3v) is 6.25. The van der Waals surface area contributed by atoms with Crippen LogP contribution in [0.4, 0.5) is 5.69 Å². The van der Waals surface area contributed by atoms with Gasteiger partial charge in [-0.1, -0.05) is 59.2 Å². The topological polar surface area (TPSA) is 129 Å². The summed E-state index contributed by atoms with van der Waals surface area (Å²) in [6, 6.07) is 21.5. The number of halogens is 1. The van der Waals surface area contributed by atoms with Gasteiger partial charge in [0.05, 0.1) is 6.61 Å². The number of rotatable bonds is 11. The zero-order valence-corrected chi connectivity index (χ0v) is 20.8. The van der Waals surface area contributed by atoms with Gasteiger partial charge in [0, 0.05) is 47.2 Å². The maximum absolute atomic E-state index is 13.6. The van der Waals surface area contributed by atoms with E-state index in [9.17, 15) is 4.79 Å². The summed E-state index contributed by atoms with van der Waals surface area (Å²) in [4.78, 5) is 21.3. The van der Waals surface area contributed by atoms with E-state index >= 15 is 0 Å². The first-order valence-corrected chi connectivity index (χ1v) is 12.1. The van der Waals surface area contributed by atoms with Crippen LogP contribution >= 0.6 is 11.6 Å². The fourth-order valence-electron chi connectivity index (χ4n) is 3.93. The van der Waals surface area contributed by atoms with Crippen LogP contribution in [-0.2, 0) is 22.5 Å². The van der Waals surface area contributed by atoms with Crippen LogP contribution in [0.3, 0.4) is 0 Å². The molecule has 37 heavy (non-hydrogen) atoms. The number of nitrogens with one attached hydrogen (secondary N) is 1. The van der Waals surface area contributed by atoms with E-state index < -0.39 is 5.54 Å². The van der Waals surface area contributed by atoms with Crippen molar-refractivity contribution in [2.75, 3.05) is 19.8 Å². The Labute approximate surface area is 219 Å². The van der Waals surface area contributed by atoms with Gasteiger partial charge in [-0.25, -0.2) is 4.99 Å². The summed E-state index contributed by atoms with van der Waals surface area (Å²) >= 11 is 6.27. The second kappa shape index (κ2) is 12.3. The number of aliphatic hydroxyl groups excluding tert-OH is 1. The van der Waals surface area contributed by atoms with Crippen LogP contribution < -0.4 is 10.1 Å². The van der Waals surface area contributed by atoms with Crippen molar-refractivity contribution in [1.29, 1.82) is 0 Å². The molecule has 0 saturated heterocycles. The minimum atomic E-state index is -1.28. The Balaban J connectivity index is 1.62. The molecule has 2 N–H and O–H groups in total. The number of nitrogens with zero attached hydrogens (tertiary/aromatic N) is 4. The lowest BCUT2D eigenvalue weighted by molar-refractivity contribution is -0.126. The Kier molecular flexibility index (Phi) is 8.64. The van der Waals surface area contributed by atoms with Crippen molar-refractivity contribution in [2.24, 2.45) is 10.1 Å². The second-order valence-electron chi connectivity index (χ2n) is 8.46. The van der Waals surface area contributed by atoms with Gasteiger partial charge in [-0.2, -0.15) is 0 Å². The number of hydrogen-bond donors (Lipinski definition) is 2. The Morgan fingerprint density at radius 2 is 1.86 bits per heavy atom. The molecule has 0 unspecified atom stereocenters. The van der Waals surface area contributed by atoms with Crippen molar-refractivity contribution in [3.8, 4) is 5.75 Å². The Morgan fingerprint density at radius 1 is 1.14 bits per heavy atom. The van der Waals surface area contributed by atoms with Crippen LogP contribution in [-0.4, -0.2) is 42.3 Å². The number of benzene rings is 3. The van der Waals surface area contributed by atoms with E-state index in [0.29, 0.717) is 46.5 Å². The average Bonchev–Trinajstić information content (AvgIpc) is 3.35. The van der Waals surface area contributed by atoms with Crippen LogP contribution in [0.15, 0.2) is 82.9 Å². The lowest BCUT2D eigenvalue weighted by Gasteiger charge is -2.24. The number of carbonyl (C=O) groups is 1. The molecule has 0 fully saturated rings. The molecular formula is C27H26ClN5O4. The fraction of sp³-hybridized carbons (Fsp3) is 0.259. The van der Waals surface area contributed by atoms with Crippen LogP contribution in [0.1, 0.15) is 23.1 Å². The number of hydrogen-bond acceptors (Lipinski definition) is 6. The largest absolute Gasteiger partial charge is 0.494 e. The summed E-state index contributed by atoms with van der Waals surface area (Å²) in [5.41, 5.74) is 10.3. The smallest absolute Gasteiger partial charge is 0.252 e. The highest BCUT2D eigenvalue weighted by molar-refractivity contribution is 6.31. The summed E-state index contributed by atoms with van der Waals surface area (Å²) in [5.74, 6) is 0.654. The van der Waals surface area contributed by atoms with Gasteiger partial charge in [-0.3, -0.25) is 4.79 Å². The first-order valence-electron chi connectivity index (χ1n) is 11.8. The maximum Gasteiger partial charge on any atom is 0.252 e. The maximum atomic E-state index is 13.6. The molecule has 190 valence electrons. The van der Waals surface area contributed by atoms with Crippen molar-refractivity contribution >= 4 is 29.1 Å². The third kappa shape index (κ3) is 6.40. The molecule has 0 bridgehead atoms. The standard InChI is InChI=1S/C27H26ClN5O4/c28-23-8-3-1-7-21(23)17-30-26(35)27(16-20-6-2-4-9-24(20)32-33-29)18-37-25(31-27)19-10-12-22(13-11-19)36-15-5-14-34/h1-4,6-13,34H,5,14-18H2,(H,30,35)/t27-/m1/s1. The molecule has 3 aromatic rings. The van der Waals surface area contributed by atoms with Gasteiger partial charge in [0.2, 0.25) is 5.90 Å². The van der Waals surface area contributed by atoms with Crippen molar-refractivity contribution in [2.45, 2.75) is 24.9 Å². The molecule has 0 aliphatic carbocycles. The third-order valence-electron chi connectivity index (χ3n) is 5.88. The van der Waals surface area contributed by atoms with Gasteiger partial charge in [-0.05, 0) is 47.0 Å². The zero-order chi connectivity index (χ0) is 26.1. The van der Waals surface area contributed by atoms with Crippen molar-refractivity contribution in [1.82, 2.24) is 5.32 Å². The summed E-state index contributed by atoms with van der Waals surface area (Å²) in [7, 11) is 0. The Bertz CT molecular complexity index is 1320. The zero-order valence-electron chi connectivity index (χ0n) is 20.0. The van der Waals surface area contributed by atoms with E-state index in [2.05, 4.69) is 15.3 Å². The van der Waals surface area contributed by atoms with Crippen LogP contribution in [0.2, 0.25) is 5.02 Å². The first kappa shape index (κ1) is 26.0. The average molecular weight is 520 g/mol. The molecule has 1 atom stereocenters. The minimum Gasteiger partial charge on any atom is -0.494 e. The predicted molar refractivity (Wildman–Crippen MR) is 141 cm³/mol. The number of azide groups is 1. The van der Waals surface area contributed by atoms with Gasteiger partial charge >= 0.3 is 0 Å². The van der Waals surface area contributed by atoms with Gasteiger partial charge in [-0.15, -0.1) is 0 Å². The molecule has 0 saturated carbocycles.